The van der Waals surface area contributed by atoms with Gasteiger partial charge in [-0.05, 0) is 42.0 Å². The fraction of sp³-hybridized carbons (Fsp3) is 0.200. The fourth-order valence-electron chi connectivity index (χ4n) is 2.80. The number of imide groups is 1. The second-order valence-corrected chi connectivity index (χ2v) is 6.18. The van der Waals surface area contributed by atoms with Crippen LogP contribution < -0.4 is 10.6 Å². The molecule has 1 aliphatic heterocycles. The number of carbonyl (C=O) groups is 4. The second-order valence-electron chi connectivity index (χ2n) is 6.18. The van der Waals surface area contributed by atoms with Crippen LogP contribution >= 0.6 is 0 Å². The van der Waals surface area contributed by atoms with Crippen LogP contribution in [-0.4, -0.2) is 35.6 Å². The maximum atomic E-state index is 12.3. The molecule has 0 aliphatic carbocycles. The van der Waals surface area contributed by atoms with Gasteiger partial charge in [0, 0.05) is 36.7 Å². The van der Waals surface area contributed by atoms with E-state index in [0.29, 0.717) is 16.8 Å². The first-order chi connectivity index (χ1) is 13.0. The van der Waals surface area contributed by atoms with E-state index in [9.17, 15) is 19.2 Å². The molecular formula is C20H19N3O4. The molecule has 0 spiro atoms. The Morgan fingerprint density at radius 1 is 0.852 bits per heavy atom. The van der Waals surface area contributed by atoms with Crippen LogP contribution in [0.15, 0.2) is 48.5 Å². The molecule has 0 aromatic heterocycles. The molecule has 27 heavy (non-hydrogen) atoms. The Hall–Kier alpha value is -3.48. The van der Waals surface area contributed by atoms with E-state index in [0.717, 1.165) is 5.56 Å². The van der Waals surface area contributed by atoms with Crippen LogP contribution in [-0.2, 0) is 16.1 Å². The molecule has 0 atom stereocenters. The van der Waals surface area contributed by atoms with Gasteiger partial charge in [-0.2, -0.15) is 0 Å². The molecule has 7 nitrogen and oxygen atoms in total. The molecule has 7 heteroatoms. The zero-order valence-electron chi connectivity index (χ0n) is 14.8. The first kappa shape index (κ1) is 18.3. The van der Waals surface area contributed by atoms with Crippen molar-refractivity contribution in [2.75, 3.05) is 12.4 Å². The van der Waals surface area contributed by atoms with Gasteiger partial charge < -0.3 is 10.6 Å². The lowest BCUT2D eigenvalue weighted by Crippen LogP contribution is -2.28. The number of hydrogen-bond donors (Lipinski definition) is 2. The minimum Gasteiger partial charge on any atom is -0.355 e. The number of rotatable bonds is 5. The highest BCUT2D eigenvalue weighted by molar-refractivity contribution is 6.04. The zero-order chi connectivity index (χ0) is 19.4. The lowest BCUT2D eigenvalue weighted by molar-refractivity contribution is -0.139. The summed E-state index contributed by atoms with van der Waals surface area (Å²) in [5.74, 6) is -0.815. The SMILES string of the molecule is CNC(=O)c1ccc(NC(=O)c2ccc(CN3C(=O)CCC3=O)cc2)cc1. The molecule has 1 heterocycles. The largest absolute Gasteiger partial charge is 0.355 e. The third-order valence-corrected chi connectivity index (χ3v) is 4.34. The molecular weight excluding hydrogens is 346 g/mol. The lowest BCUT2D eigenvalue weighted by Gasteiger charge is -2.14. The Bertz CT molecular complexity index is 872. The Morgan fingerprint density at radius 2 is 1.37 bits per heavy atom. The standard InChI is InChI=1S/C20H19N3O4/c1-21-19(26)14-6-8-16(9-7-14)22-20(27)15-4-2-13(3-5-15)12-23-17(24)10-11-18(23)25/h2-9H,10-12H2,1H3,(H,21,26)(H,22,27). The predicted molar refractivity (Wildman–Crippen MR) is 99.0 cm³/mol. The summed E-state index contributed by atoms with van der Waals surface area (Å²) >= 11 is 0. The Balaban J connectivity index is 1.63. The van der Waals surface area contributed by atoms with Crippen LogP contribution in [0.1, 0.15) is 39.1 Å². The van der Waals surface area contributed by atoms with Crippen molar-refractivity contribution in [1.29, 1.82) is 0 Å². The van der Waals surface area contributed by atoms with Crippen molar-refractivity contribution in [3.8, 4) is 0 Å². The highest BCUT2D eigenvalue weighted by Crippen LogP contribution is 2.17. The molecule has 1 aliphatic rings. The van der Waals surface area contributed by atoms with Crippen LogP contribution in [0.3, 0.4) is 0 Å². The van der Waals surface area contributed by atoms with Crippen LogP contribution in [0.25, 0.3) is 0 Å². The van der Waals surface area contributed by atoms with Gasteiger partial charge in [-0.1, -0.05) is 12.1 Å². The van der Waals surface area contributed by atoms with Crippen molar-refractivity contribution in [2.24, 2.45) is 0 Å². The van der Waals surface area contributed by atoms with Gasteiger partial charge in [0.1, 0.15) is 0 Å². The maximum Gasteiger partial charge on any atom is 0.255 e. The third kappa shape index (κ3) is 4.20. The molecule has 1 saturated heterocycles. The van der Waals surface area contributed by atoms with Crippen molar-refractivity contribution in [3.05, 3.63) is 65.2 Å². The maximum absolute atomic E-state index is 12.3. The zero-order valence-corrected chi connectivity index (χ0v) is 14.8. The van der Waals surface area contributed by atoms with E-state index in [1.807, 2.05) is 0 Å². The number of likely N-dealkylation sites (tertiary alicyclic amines) is 1. The number of nitrogens with zero attached hydrogens (tertiary/aromatic N) is 1. The quantitative estimate of drug-likeness (QED) is 0.792. The molecule has 1 fully saturated rings. The van der Waals surface area contributed by atoms with Gasteiger partial charge >= 0.3 is 0 Å². The summed E-state index contributed by atoms with van der Waals surface area (Å²) in [6.07, 6.45) is 0.524. The average molecular weight is 365 g/mol. The van der Waals surface area contributed by atoms with E-state index >= 15 is 0 Å². The van der Waals surface area contributed by atoms with Gasteiger partial charge in [0.05, 0.1) is 6.54 Å². The van der Waals surface area contributed by atoms with Crippen LogP contribution in [0.2, 0.25) is 0 Å². The van der Waals surface area contributed by atoms with E-state index in [2.05, 4.69) is 10.6 Å². The Kier molecular flexibility index (Phi) is 5.30. The smallest absolute Gasteiger partial charge is 0.255 e. The summed E-state index contributed by atoms with van der Waals surface area (Å²) in [6.45, 7) is 0.223. The van der Waals surface area contributed by atoms with Crippen LogP contribution in [0, 0.1) is 0 Å². The van der Waals surface area contributed by atoms with Crippen LogP contribution in [0.5, 0.6) is 0 Å². The Morgan fingerprint density at radius 3 is 1.93 bits per heavy atom. The molecule has 0 radical (unpaired) electrons. The molecule has 3 rings (SSSR count). The van der Waals surface area contributed by atoms with E-state index in [1.54, 1.807) is 55.6 Å². The van der Waals surface area contributed by atoms with Crippen molar-refractivity contribution < 1.29 is 19.2 Å². The molecule has 2 aromatic rings. The van der Waals surface area contributed by atoms with Gasteiger partial charge in [-0.3, -0.25) is 24.1 Å². The number of amides is 4. The van der Waals surface area contributed by atoms with E-state index in [-0.39, 0.29) is 43.0 Å². The molecule has 0 bridgehead atoms. The first-order valence-electron chi connectivity index (χ1n) is 8.53. The molecule has 2 aromatic carbocycles. The second kappa shape index (κ2) is 7.82. The van der Waals surface area contributed by atoms with Crippen molar-refractivity contribution in [1.82, 2.24) is 10.2 Å². The summed E-state index contributed by atoms with van der Waals surface area (Å²) in [4.78, 5) is 48.4. The summed E-state index contributed by atoms with van der Waals surface area (Å²) in [5.41, 5.74) is 2.31. The summed E-state index contributed by atoms with van der Waals surface area (Å²) in [5, 5.41) is 5.29. The van der Waals surface area contributed by atoms with Gasteiger partial charge in [0.2, 0.25) is 11.8 Å². The van der Waals surface area contributed by atoms with Crippen molar-refractivity contribution in [2.45, 2.75) is 19.4 Å². The van der Waals surface area contributed by atoms with Gasteiger partial charge in [0.15, 0.2) is 0 Å². The first-order valence-corrected chi connectivity index (χ1v) is 8.53. The van der Waals surface area contributed by atoms with Crippen molar-refractivity contribution in [3.63, 3.8) is 0 Å². The third-order valence-electron chi connectivity index (χ3n) is 4.34. The van der Waals surface area contributed by atoms with E-state index in [1.165, 1.54) is 4.90 Å². The Labute approximate surface area is 156 Å². The molecule has 0 unspecified atom stereocenters. The molecule has 4 amide bonds. The molecule has 0 saturated carbocycles. The topological polar surface area (TPSA) is 95.6 Å². The lowest BCUT2D eigenvalue weighted by atomic mass is 10.1. The van der Waals surface area contributed by atoms with Gasteiger partial charge in [-0.15, -0.1) is 0 Å². The fourth-order valence-corrected chi connectivity index (χ4v) is 2.80. The number of nitrogens with one attached hydrogen (secondary N) is 2. The summed E-state index contributed by atoms with van der Waals surface area (Å²) in [6, 6.07) is 13.3. The average Bonchev–Trinajstić information content (AvgIpc) is 3.00. The molecule has 138 valence electrons. The number of hydrogen-bond acceptors (Lipinski definition) is 4. The van der Waals surface area contributed by atoms with Crippen molar-refractivity contribution >= 4 is 29.3 Å². The minimum absolute atomic E-state index is 0.165. The predicted octanol–water partition coefficient (Wildman–Crippen LogP) is 1.95. The van der Waals surface area contributed by atoms with Gasteiger partial charge in [-0.25, -0.2) is 0 Å². The number of benzene rings is 2. The monoisotopic (exact) mass is 365 g/mol. The summed E-state index contributed by atoms with van der Waals surface area (Å²) < 4.78 is 0. The van der Waals surface area contributed by atoms with E-state index < -0.39 is 0 Å². The minimum atomic E-state index is -0.289. The normalized spacial score (nSPS) is 13.6. The number of anilines is 1. The summed E-state index contributed by atoms with van der Waals surface area (Å²) in [7, 11) is 1.55. The molecule has 2 N–H and O–H groups in total. The van der Waals surface area contributed by atoms with E-state index in [4.69, 9.17) is 0 Å². The van der Waals surface area contributed by atoms with Crippen LogP contribution in [0.4, 0.5) is 5.69 Å². The highest BCUT2D eigenvalue weighted by Gasteiger charge is 2.28. The highest BCUT2D eigenvalue weighted by atomic mass is 16.2. The van der Waals surface area contributed by atoms with Gasteiger partial charge in [0.25, 0.3) is 11.8 Å². The number of carbonyl (C=O) groups excluding carboxylic acids is 4.